The van der Waals surface area contributed by atoms with Crippen LogP contribution in [-0.2, 0) is 16.1 Å². The van der Waals surface area contributed by atoms with Gasteiger partial charge >= 0.3 is 0 Å². The average molecular weight is 333 g/mol. The number of piperazine rings is 1. The number of nitrogens with zero attached hydrogens (tertiary/aromatic N) is 2. The number of hydrogen-bond donors (Lipinski definition) is 1. The van der Waals surface area contributed by atoms with Crippen molar-refractivity contribution in [2.75, 3.05) is 40.3 Å². The number of ether oxygens (including phenoxy) is 1. The average Bonchev–Trinajstić information content (AvgIpc) is 2.60. The van der Waals surface area contributed by atoms with E-state index in [4.69, 9.17) is 4.74 Å². The molecule has 2 amide bonds. The van der Waals surface area contributed by atoms with E-state index < -0.39 is 5.41 Å². The SMILES string of the molecule is COc1ccc(CNC(=O)C(C)(C)C(=O)N2CCN(C)CC2)cc1. The van der Waals surface area contributed by atoms with Crippen molar-refractivity contribution >= 4 is 11.8 Å². The summed E-state index contributed by atoms with van der Waals surface area (Å²) in [6, 6.07) is 7.49. The molecule has 0 saturated carbocycles. The molecule has 1 heterocycles. The minimum atomic E-state index is -1.07. The summed E-state index contributed by atoms with van der Waals surface area (Å²) in [5, 5.41) is 2.87. The summed E-state index contributed by atoms with van der Waals surface area (Å²) in [5.74, 6) is 0.417. The molecule has 2 rings (SSSR count). The summed E-state index contributed by atoms with van der Waals surface area (Å²) < 4.78 is 5.11. The van der Waals surface area contributed by atoms with Crippen LogP contribution in [0.3, 0.4) is 0 Å². The van der Waals surface area contributed by atoms with Gasteiger partial charge in [0.2, 0.25) is 11.8 Å². The molecule has 0 atom stereocenters. The minimum Gasteiger partial charge on any atom is -0.497 e. The number of rotatable bonds is 5. The molecule has 0 radical (unpaired) electrons. The molecule has 1 aliphatic heterocycles. The van der Waals surface area contributed by atoms with Gasteiger partial charge in [-0.25, -0.2) is 0 Å². The molecule has 0 aliphatic carbocycles. The Kier molecular flexibility index (Phi) is 5.83. The molecule has 24 heavy (non-hydrogen) atoms. The number of nitrogens with one attached hydrogen (secondary N) is 1. The Morgan fingerprint density at radius 1 is 1.12 bits per heavy atom. The summed E-state index contributed by atoms with van der Waals surface area (Å²) in [5.41, 5.74) is -0.102. The van der Waals surface area contributed by atoms with Gasteiger partial charge in [-0.05, 0) is 38.6 Å². The highest BCUT2D eigenvalue weighted by Crippen LogP contribution is 2.21. The van der Waals surface area contributed by atoms with Gasteiger partial charge in [0.25, 0.3) is 0 Å². The van der Waals surface area contributed by atoms with Gasteiger partial charge in [-0.15, -0.1) is 0 Å². The summed E-state index contributed by atoms with van der Waals surface area (Å²) >= 11 is 0. The van der Waals surface area contributed by atoms with Crippen LogP contribution in [0.2, 0.25) is 0 Å². The third kappa shape index (κ3) is 4.26. The van der Waals surface area contributed by atoms with E-state index in [2.05, 4.69) is 10.2 Å². The van der Waals surface area contributed by atoms with E-state index in [9.17, 15) is 9.59 Å². The van der Waals surface area contributed by atoms with Gasteiger partial charge in [0.1, 0.15) is 11.2 Å². The third-order valence-corrected chi connectivity index (χ3v) is 4.50. The van der Waals surface area contributed by atoms with Crippen molar-refractivity contribution in [1.29, 1.82) is 0 Å². The maximum absolute atomic E-state index is 12.7. The Labute approximate surface area is 143 Å². The fraction of sp³-hybridized carbons (Fsp3) is 0.556. The molecule has 1 fully saturated rings. The van der Waals surface area contributed by atoms with E-state index in [1.165, 1.54) is 0 Å². The van der Waals surface area contributed by atoms with Gasteiger partial charge in [-0.2, -0.15) is 0 Å². The van der Waals surface area contributed by atoms with Gasteiger partial charge in [0, 0.05) is 32.7 Å². The molecule has 1 aromatic carbocycles. The largest absolute Gasteiger partial charge is 0.497 e. The van der Waals surface area contributed by atoms with Gasteiger partial charge in [0.15, 0.2) is 0 Å². The van der Waals surface area contributed by atoms with Crippen LogP contribution in [0, 0.1) is 5.41 Å². The summed E-state index contributed by atoms with van der Waals surface area (Å²) in [6.45, 7) is 6.80. The van der Waals surface area contributed by atoms with Crippen molar-refractivity contribution < 1.29 is 14.3 Å². The molecule has 1 aliphatic rings. The maximum atomic E-state index is 12.7. The highest BCUT2D eigenvalue weighted by Gasteiger charge is 2.39. The van der Waals surface area contributed by atoms with E-state index in [-0.39, 0.29) is 11.8 Å². The van der Waals surface area contributed by atoms with E-state index in [0.29, 0.717) is 19.6 Å². The molecule has 0 bridgehead atoms. The first kappa shape index (κ1) is 18.3. The lowest BCUT2D eigenvalue weighted by Crippen LogP contribution is -2.54. The normalized spacial score (nSPS) is 15.9. The molecule has 0 spiro atoms. The molecule has 1 saturated heterocycles. The van der Waals surface area contributed by atoms with Crippen LogP contribution in [0.4, 0.5) is 0 Å². The number of carbonyl (C=O) groups is 2. The van der Waals surface area contributed by atoms with Crippen LogP contribution in [0.25, 0.3) is 0 Å². The molecular formula is C18H27N3O3. The molecule has 1 N–H and O–H groups in total. The smallest absolute Gasteiger partial charge is 0.237 e. The zero-order valence-corrected chi connectivity index (χ0v) is 15.0. The monoisotopic (exact) mass is 333 g/mol. The lowest BCUT2D eigenvalue weighted by atomic mass is 9.90. The van der Waals surface area contributed by atoms with Crippen molar-refractivity contribution in [3.8, 4) is 5.75 Å². The van der Waals surface area contributed by atoms with Crippen molar-refractivity contribution in [3.63, 3.8) is 0 Å². The third-order valence-electron chi connectivity index (χ3n) is 4.50. The highest BCUT2D eigenvalue weighted by molar-refractivity contribution is 6.04. The lowest BCUT2D eigenvalue weighted by Gasteiger charge is -2.36. The molecular weight excluding hydrogens is 306 g/mol. The molecule has 0 aromatic heterocycles. The number of carbonyl (C=O) groups excluding carboxylic acids is 2. The lowest BCUT2D eigenvalue weighted by molar-refractivity contribution is -0.149. The number of likely N-dealkylation sites (N-methyl/N-ethyl adjacent to an activating group) is 1. The fourth-order valence-electron chi connectivity index (χ4n) is 2.65. The van der Waals surface area contributed by atoms with Crippen LogP contribution in [0.15, 0.2) is 24.3 Å². The zero-order valence-electron chi connectivity index (χ0n) is 15.0. The van der Waals surface area contributed by atoms with Crippen molar-refractivity contribution in [3.05, 3.63) is 29.8 Å². The Morgan fingerprint density at radius 2 is 1.71 bits per heavy atom. The molecule has 132 valence electrons. The first-order chi connectivity index (χ1) is 11.3. The Bertz CT molecular complexity index is 576. The second kappa shape index (κ2) is 7.66. The van der Waals surface area contributed by atoms with E-state index >= 15 is 0 Å². The van der Waals surface area contributed by atoms with Crippen molar-refractivity contribution in [2.45, 2.75) is 20.4 Å². The number of amides is 2. The van der Waals surface area contributed by atoms with Gasteiger partial charge in [0.05, 0.1) is 7.11 Å². The standard InChI is InChI=1S/C18H27N3O3/c1-18(2,17(23)21-11-9-20(3)10-12-21)16(22)19-13-14-5-7-15(24-4)8-6-14/h5-8H,9-13H2,1-4H3,(H,19,22). The number of hydrogen-bond acceptors (Lipinski definition) is 4. The Hall–Kier alpha value is -2.08. The van der Waals surface area contributed by atoms with Gasteiger partial charge in [-0.1, -0.05) is 12.1 Å². The van der Waals surface area contributed by atoms with E-state index in [1.54, 1.807) is 25.9 Å². The number of benzene rings is 1. The maximum Gasteiger partial charge on any atom is 0.237 e. The first-order valence-corrected chi connectivity index (χ1v) is 8.23. The number of methoxy groups -OCH3 is 1. The second-order valence-corrected chi connectivity index (χ2v) is 6.75. The quantitative estimate of drug-likeness (QED) is 0.820. The van der Waals surface area contributed by atoms with Crippen LogP contribution >= 0.6 is 0 Å². The van der Waals surface area contributed by atoms with Crippen molar-refractivity contribution in [1.82, 2.24) is 15.1 Å². The van der Waals surface area contributed by atoms with E-state index in [1.807, 2.05) is 31.3 Å². The Morgan fingerprint density at radius 3 is 2.25 bits per heavy atom. The molecule has 0 unspecified atom stereocenters. The first-order valence-electron chi connectivity index (χ1n) is 8.23. The summed E-state index contributed by atoms with van der Waals surface area (Å²) in [4.78, 5) is 29.2. The molecule has 6 nitrogen and oxygen atoms in total. The molecule has 6 heteroatoms. The van der Waals surface area contributed by atoms with Crippen molar-refractivity contribution in [2.24, 2.45) is 5.41 Å². The summed E-state index contributed by atoms with van der Waals surface area (Å²) in [6.07, 6.45) is 0. The predicted molar refractivity (Wildman–Crippen MR) is 92.7 cm³/mol. The van der Waals surface area contributed by atoms with E-state index in [0.717, 1.165) is 24.4 Å². The van der Waals surface area contributed by atoms with Crippen LogP contribution < -0.4 is 10.1 Å². The van der Waals surface area contributed by atoms with Crippen LogP contribution in [0.1, 0.15) is 19.4 Å². The van der Waals surface area contributed by atoms with Gasteiger partial charge in [-0.3, -0.25) is 9.59 Å². The van der Waals surface area contributed by atoms with Crippen LogP contribution in [0.5, 0.6) is 5.75 Å². The topological polar surface area (TPSA) is 61.9 Å². The molecule has 1 aromatic rings. The highest BCUT2D eigenvalue weighted by atomic mass is 16.5. The second-order valence-electron chi connectivity index (χ2n) is 6.75. The fourth-order valence-corrected chi connectivity index (χ4v) is 2.65. The van der Waals surface area contributed by atoms with Crippen LogP contribution in [-0.4, -0.2) is 62.0 Å². The predicted octanol–water partition coefficient (Wildman–Crippen LogP) is 1.11. The zero-order chi connectivity index (χ0) is 17.7. The van der Waals surface area contributed by atoms with Gasteiger partial charge < -0.3 is 19.9 Å². The summed E-state index contributed by atoms with van der Waals surface area (Å²) in [7, 11) is 3.65. The Balaban J connectivity index is 1.92. The minimum absolute atomic E-state index is 0.108.